The molecule has 3 radical (unpaired) electrons. The summed E-state index contributed by atoms with van der Waals surface area (Å²) in [4.78, 5) is 10.4. The number of aliphatic carboxylic acids is 1. The van der Waals surface area contributed by atoms with Crippen molar-refractivity contribution in [2.24, 2.45) is 0 Å². The third-order valence-electron chi connectivity index (χ3n) is 4.82. The van der Waals surface area contributed by atoms with Gasteiger partial charge in [-0.05, 0) is 6.42 Å². The van der Waals surface area contributed by atoms with Crippen LogP contribution in [0, 0.1) is 0 Å². The fraction of sp³-hybridized carbons (Fsp3) is 0.952. The van der Waals surface area contributed by atoms with E-state index in [2.05, 4.69) is 10.2 Å². The van der Waals surface area contributed by atoms with Crippen LogP contribution in [0.2, 0.25) is 6.04 Å². The van der Waals surface area contributed by atoms with Crippen LogP contribution >= 0.6 is 0 Å². The topological polar surface area (TPSA) is 37.3 Å². The van der Waals surface area contributed by atoms with Gasteiger partial charge in [0.25, 0.3) is 0 Å². The van der Waals surface area contributed by atoms with Crippen molar-refractivity contribution in [3.63, 3.8) is 0 Å². The fourth-order valence-corrected chi connectivity index (χ4v) is 3.48. The van der Waals surface area contributed by atoms with Crippen LogP contribution in [0.5, 0.6) is 0 Å². The van der Waals surface area contributed by atoms with Crippen molar-refractivity contribution in [2.45, 2.75) is 128 Å². The largest absolute Gasteiger partial charge is 0.481 e. The average molecular weight is 354 g/mol. The van der Waals surface area contributed by atoms with Crippen LogP contribution in [-0.4, -0.2) is 21.3 Å². The Labute approximate surface area is 154 Å². The van der Waals surface area contributed by atoms with Crippen LogP contribution in [0.4, 0.5) is 0 Å². The maximum atomic E-state index is 10.4. The Balaban J connectivity index is 2.97. The number of hydrogen-bond donors (Lipinski definition) is 1. The van der Waals surface area contributed by atoms with Crippen LogP contribution in [0.3, 0.4) is 0 Å². The van der Waals surface area contributed by atoms with Crippen LogP contribution in [0.25, 0.3) is 0 Å². The van der Waals surface area contributed by atoms with E-state index in [0.717, 1.165) is 18.9 Å². The lowest BCUT2D eigenvalue weighted by molar-refractivity contribution is -0.137. The molecule has 0 fully saturated rings. The lowest BCUT2D eigenvalue weighted by atomic mass is 10.0. The summed E-state index contributed by atoms with van der Waals surface area (Å²) >= 11 is 0. The molecular formula is C21H41O2Si. The minimum atomic E-state index is -0.653. The SMILES string of the molecule is O=C(O)CCCCCCCCCCCCCCCCCCCC[Si]. The van der Waals surface area contributed by atoms with Crippen LogP contribution in [-0.2, 0) is 4.79 Å². The highest BCUT2D eigenvalue weighted by atomic mass is 28.1. The first kappa shape index (κ1) is 23.7. The summed E-state index contributed by atoms with van der Waals surface area (Å²) in [6.07, 6.45) is 24.5. The molecule has 0 saturated carbocycles. The maximum Gasteiger partial charge on any atom is 0.303 e. The van der Waals surface area contributed by atoms with Crippen LogP contribution < -0.4 is 0 Å². The number of carboxylic acids is 1. The molecule has 0 rings (SSSR count). The maximum absolute atomic E-state index is 10.4. The number of carboxylic acid groups (broad SMARTS) is 1. The molecule has 0 spiro atoms. The molecule has 0 heterocycles. The Morgan fingerprint density at radius 3 is 1.00 bits per heavy atom. The Kier molecular flexibility index (Phi) is 20.5. The first-order valence-electron chi connectivity index (χ1n) is 10.6. The minimum absolute atomic E-state index is 0.344. The standard InChI is InChI=1S/C21H41O2Si/c22-21(23)19-17-15-13-11-9-7-5-3-1-2-4-6-8-10-12-14-16-18-20-24/h1-20H2,(H,22,23). The van der Waals surface area contributed by atoms with Gasteiger partial charge in [0.2, 0.25) is 0 Å². The molecule has 0 aromatic carbocycles. The Morgan fingerprint density at radius 1 is 0.500 bits per heavy atom. The molecule has 0 aliphatic heterocycles. The van der Waals surface area contributed by atoms with Crippen molar-refractivity contribution in [2.75, 3.05) is 0 Å². The Bertz CT molecular complexity index is 256. The van der Waals surface area contributed by atoms with Gasteiger partial charge >= 0.3 is 5.97 Å². The van der Waals surface area contributed by atoms with E-state index >= 15 is 0 Å². The lowest BCUT2D eigenvalue weighted by Gasteiger charge is -2.03. The summed E-state index contributed by atoms with van der Waals surface area (Å²) in [7, 11) is 3.53. The van der Waals surface area contributed by atoms with Gasteiger partial charge in [-0.2, -0.15) is 0 Å². The highest BCUT2D eigenvalue weighted by Crippen LogP contribution is 2.14. The monoisotopic (exact) mass is 353 g/mol. The van der Waals surface area contributed by atoms with E-state index in [1.165, 1.54) is 103 Å². The smallest absolute Gasteiger partial charge is 0.303 e. The summed E-state index contributed by atoms with van der Waals surface area (Å²) in [5, 5.41) is 8.56. The average Bonchev–Trinajstić information content (AvgIpc) is 2.56. The molecule has 141 valence electrons. The fourth-order valence-electron chi connectivity index (χ4n) is 3.23. The molecule has 0 saturated heterocycles. The zero-order chi connectivity index (χ0) is 17.7. The number of rotatable bonds is 20. The molecule has 0 bridgehead atoms. The molecule has 0 atom stereocenters. The summed E-state index contributed by atoms with van der Waals surface area (Å²) in [5.74, 6) is -0.653. The predicted molar refractivity (Wildman–Crippen MR) is 106 cm³/mol. The molecular weight excluding hydrogens is 312 g/mol. The molecule has 3 heteroatoms. The first-order valence-corrected chi connectivity index (χ1v) is 11.3. The van der Waals surface area contributed by atoms with Crippen LogP contribution in [0.1, 0.15) is 122 Å². The molecule has 24 heavy (non-hydrogen) atoms. The normalized spacial score (nSPS) is 11.0. The van der Waals surface area contributed by atoms with Crippen molar-refractivity contribution in [3.8, 4) is 0 Å². The quantitative estimate of drug-likeness (QED) is 0.188. The second-order valence-corrected chi connectivity index (χ2v) is 7.76. The van der Waals surface area contributed by atoms with Gasteiger partial charge in [0.05, 0.1) is 0 Å². The van der Waals surface area contributed by atoms with E-state index in [-0.39, 0.29) is 0 Å². The number of unbranched alkanes of at least 4 members (excludes halogenated alkanes) is 17. The van der Waals surface area contributed by atoms with Crippen molar-refractivity contribution < 1.29 is 9.90 Å². The van der Waals surface area contributed by atoms with Gasteiger partial charge in [-0.25, -0.2) is 0 Å². The zero-order valence-corrected chi connectivity index (χ0v) is 17.0. The van der Waals surface area contributed by atoms with Gasteiger partial charge in [-0.3, -0.25) is 4.79 Å². The first-order chi connectivity index (χ1) is 11.8. The molecule has 1 N–H and O–H groups in total. The van der Waals surface area contributed by atoms with Gasteiger partial charge in [0.1, 0.15) is 0 Å². The highest BCUT2D eigenvalue weighted by molar-refractivity contribution is 6.08. The summed E-state index contributed by atoms with van der Waals surface area (Å²) in [6.45, 7) is 0. The van der Waals surface area contributed by atoms with E-state index < -0.39 is 5.97 Å². The summed E-state index contributed by atoms with van der Waals surface area (Å²) in [5.41, 5.74) is 0. The predicted octanol–water partition coefficient (Wildman–Crippen LogP) is 7.07. The van der Waals surface area contributed by atoms with Gasteiger partial charge in [0, 0.05) is 16.7 Å². The molecule has 0 aliphatic rings. The van der Waals surface area contributed by atoms with E-state index in [9.17, 15) is 4.79 Å². The van der Waals surface area contributed by atoms with E-state index in [0.29, 0.717) is 6.42 Å². The molecule has 2 nitrogen and oxygen atoms in total. The van der Waals surface area contributed by atoms with E-state index in [1.807, 2.05) is 0 Å². The second-order valence-electron chi connectivity index (χ2n) is 7.26. The third-order valence-corrected chi connectivity index (χ3v) is 5.17. The Hall–Kier alpha value is -0.313. The van der Waals surface area contributed by atoms with E-state index in [4.69, 9.17) is 5.11 Å². The lowest BCUT2D eigenvalue weighted by Crippen LogP contribution is -1.93. The van der Waals surface area contributed by atoms with Gasteiger partial charge < -0.3 is 5.11 Å². The molecule has 0 amide bonds. The molecule has 0 aliphatic carbocycles. The summed E-state index contributed by atoms with van der Waals surface area (Å²) < 4.78 is 0. The zero-order valence-electron chi connectivity index (χ0n) is 16.0. The number of carbonyl (C=O) groups is 1. The van der Waals surface area contributed by atoms with Crippen LogP contribution in [0.15, 0.2) is 0 Å². The minimum Gasteiger partial charge on any atom is -0.481 e. The molecule has 0 unspecified atom stereocenters. The van der Waals surface area contributed by atoms with Gasteiger partial charge in [-0.1, -0.05) is 115 Å². The van der Waals surface area contributed by atoms with E-state index in [1.54, 1.807) is 0 Å². The number of hydrogen-bond acceptors (Lipinski definition) is 1. The van der Waals surface area contributed by atoms with Gasteiger partial charge in [-0.15, -0.1) is 0 Å². The highest BCUT2D eigenvalue weighted by Gasteiger charge is 1.97. The third kappa shape index (κ3) is 21.7. The van der Waals surface area contributed by atoms with Gasteiger partial charge in [0.15, 0.2) is 0 Å². The molecule has 0 aromatic rings. The van der Waals surface area contributed by atoms with Crippen molar-refractivity contribution in [1.29, 1.82) is 0 Å². The van der Waals surface area contributed by atoms with Crippen molar-refractivity contribution >= 4 is 16.2 Å². The second kappa shape index (κ2) is 20.7. The van der Waals surface area contributed by atoms with Crippen molar-refractivity contribution in [1.82, 2.24) is 0 Å². The Morgan fingerprint density at radius 2 is 0.750 bits per heavy atom. The summed E-state index contributed by atoms with van der Waals surface area (Å²) in [6, 6.07) is 1.16. The van der Waals surface area contributed by atoms with Crippen molar-refractivity contribution in [3.05, 3.63) is 0 Å². The molecule has 0 aromatic heterocycles.